The second-order valence-electron chi connectivity index (χ2n) is 6.03. The first-order valence-electron chi connectivity index (χ1n) is 8.13. The smallest absolute Gasteiger partial charge is 0.281 e. The molecule has 144 valence electrons. The molecule has 0 fully saturated rings. The van der Waals surface area contributed by atoms with Crippen LogP contribution < -0.4 is 15.2 Å². The lowest BCUT2D eigenvalue weighted by atomic mass is 9.96. The third-order valence-corrected chi connectivity index (χ3v) is 4.91. The molecule has 8 nitrogen and oxygen atoms in total. The molecule has 2 aromatic carbocycles. The summed E-state index contributed by atoms with van der Waals surface area (Å²) in [5, 5.41) is 22.1. The summed E-state index contributed by atoms with van der Waals surface area (Å²) in [6.07, 6.45) is 0. The van der Waals surface area contributed by atoms with E-state index in [0.29, 0.717) is 27.1 Å². The van der Waals surface area contributed by atoms with Crippen molar-refractivity contribution in [3.63, 3.8) is 0 Å². The Kier molecular flexibility index (Phi) is 4.62. The van der Waals surface area contributed by atoms with Crippen LogP contribution in [0.4, 0.5) is 11.5 Å². The molecular formula is C19H10Cl2N4O4. The van der Waals surface area contributed by atoms with Crippen LogP contribution in [0.1, 0.15) is 5.56 Å². The molecule has 4 rings (SSSR count). The van der Waals surface area contributed by atoms with E-state index in [2.05, 4.69) is 4.98 Å². The van der Waals surface area contributed by atoms with E-state index in [0.717, 1.165) is 0 Å². The Morgan fingerprint density at radius 2 is 1.83 bits per heavy atom. The van der Waals surface area contributed by atoms with Crippen LogP contribution in [0.3, 0.4) is 0 Å². The van der Waals surface area contributed by atoms with Crippen molar-refractivity contribution in [2.75, 3.05) is 12.5 Å². The number of aromatic nitrogens is 1. The van der Waals surface area contributed by atoms with Gasteiger partial charge in [-0.2, -0.15) is 5.26 Å². The van der Waals surface area contributed by atoms with Gasteiger partial charge in [-0.3, -0.25) is 10.1 Å². The van der Waals surface area contributed by atoms with Crippen molar-refractivity contribution in [3.8, 4) is 40.0 Å². The average molecular weight is 429 g/mol. The Hall–Kier alpha value is -3.54. The van der Waals surface area contributed by atoms with Gasteiger partial charge in [0.05, 0.1) is 27.3 Å². The first-order chi connectivity index (χ1) is 13.9. The van der Waals surface area contributed by atoms with Crippen LogP contribution in [-0.2, 0) is 0 Å². The zero-order chi connectivity index (χ0) is 20.7. The van der Waals surface area contributed by atoms with Gasteiger partial charge in [0.25, 0.3) is 5.69 Å². The van der Waals surface area contributed by atoms with Gasteiger partial charge >= 0.3 is 0 Å². The lowest BCUT2D eigenvalue weighted by Crippen LogP contribution is -2.01. The monoisotopic (exact) mass is 428 g/mol. The number of hydrogen-bond donors (Lipinski definition) is 1. The molecule has 1 aliphatic rings. The molecule has 0 aliphatic carbocycles. The first-order valence-corrected chi connectivity index (χ1v) is 8.89. The summed E-state index contributed by atoms with van der Waals surface area (Å²) in [6, 6.07) is 11.0. The highest BCUT2D eigenvalue weighted by Gasteiger charge is 2.27. The second-order valence-corrected chi connectivity index (χ2v) is 6.87. The summed E-state index contributed by atoms with van der Waals surface area (Å²) in [7, 11) is 0. The molecule has 0 atom stereocenters. The minimum absolute atomic E-state index is 0.00568. The summed E-state index contributed by atoms with van der Waals surface area (Å²) >= 11 is 12.3. The third kappa shape index (κ3) is 3.27. The normalized spacial score (nSPS) is 11.9. The lowest BCUT2D eigenvalue weighted by Gasteiger charge is -2.12. The topological polar surface area (TPSA) is 124 Å². The molecule has 0 spiro atoms. The Labute approximate surface area is 174 Å². The van der Waals surface area contributed by atoms with Crippen molar-refractivity contribution in [1.29, 1.82) is 5.26 Å². The molecule has 1 aromatic heterocycles. The summed E-state index contributed by atoms with van der Waals surface area (Å²) in [6.45, 7) is -0.0527. The fraction of sp³-hybridized carbons (Fsp3) is 0.0526. The maximum Gasteiger partial charge on any atom is 0.281 e. The summed E-state index contributed by atoms with van der Waals surface area (Å²) in [5.41, 5.74) is 6.88. The SMILES string of the molecule is N#Cc1c(-c2cc3c(cc2[N+](=O)[O-])OCO3)cc(-c2cc(Cl)ccc2Cl)nc1N. The molecule has 0 saturated heterocycles. The highest BCUT2D eigenvalue weighted by Crippen LogP contribution is 2.44. The minimum Gasteiger partial charge on any atom is -0.454 e. The number of pyridine rings is 1. The fourth-order valence-electron chi connectivity index (χ4n) is 3.02. The number of nitriles is 1. The average Bonchev–Trinajstić information content (AvgIpc) is 3.15. The van der Waals surface area contributed by atoms with Gasteiger partial charge in [0.2, 0.25) is 6.79 Å². The van der Waals surface area contributed by atoms with E-state index >= 15 is 0 Å². The quantitative estimate of drug-likeness (QED) is 0.468. The van der Waals surface area contributed by atoms with E-state index in [4.69, 9.17) is 38.4 Å². The van der Waals surface area contributed by atoms with Gasteiger partial charge < -0.3 is 15.2 Å². The Balaban J connectivity index is 2.02. The second kappa shape index (κ2) is 7.13. The molecule has 10 heteroatoms. The number of nitrogen functional groups attached to an aromatic ring is 1. The van der Waals surface area contributed by atoms with Gasteiger partial charge in [0.1, 0.15) is 17.5 Å². The molecule has 1 aliphatic heterocycles. The number of rotatable bonds is 3. The van der Waals surface area contributed by atoms with E-state index in [9.17, 15) is 15.4 Å². The number of nitro benzene ring substituents is 1. The minimum atomic E-state index is -0.568. The highest BCUT2D eigenvalue weighted by atomic mass is 35.5. The predicted molar refractivity (Wildman–Crippen MR) is 107 cm³/mol. The fourth-order valence-corrected chi connectivity index (χ4v) is 3.41. The molecule has 2 N–H and O–H groups in total. The van der Waals surface area contributed by atoms with Crippen molar-refractivity contribution < 1.29 is 14.4 Å². The van der Waals surface area contributed by atoms with Crippen LogP contribution in [0.15, 0.2) is 36.4 Å². The molecule has 0 unspecified atom stereocenters. The summed E-state index contributed by atoms with van der Waals surface area (Å²) in [4.78, 5) is 15.3. The Morgan fingerprint density at radius 3 is 2.52 bits per heavy atom. The molecule has 29 heavy (non-hydrogen) atoms. The van der Waals surface area contributed by atoms with Crippen LogP contribution >= 0.6 is 23.2 Å². The van der Waals surface area contributed by atoms with Gasteiger partial charge in [-0.15, -0.1) is 0 Å². The van der Waals surface area contributed by atoms with E-state index in [-0.39, 0.29) is 40.7 Å². The molecule has 0 bridgehead atoms. The van der Waals surface area contributed by atoms with Gasteiger partial charge in [0.15, 0.2) is 11.5 Å². The van der Waals surface area contributed by atoms with Gasteiger partial charge in [-0.1, -0.05) is 23.2 Å². The Bertz CT molecular complexity index is 1220. The van der Waals surface area contributed by atoms with Crippen LogP contribution in [0.25, 0.3) is 22.4 Å². The van der Waals surface area contributed by atoms with E-state index in [1.54, 1.807) is 18.2 Å². The largest absolute Gasteiger partial charge is 0.454 e. The van der Waals surface area contributed by atoms with Crippen molar-refractivity contribution >= 4 is 34.7 Å². The number of benzene rings is 2. The number of halogens is 2. The van der Waals surface area contributed by atoms with Crippen LogP contribution in [0, 0.1) is 21.4 Å². The van der Waals surface area contributed by atoms with Crippen LogP contribution in [0.2, 0.25) is 10.0 Å². The van der Waals surface area contributed by atoms with Gasteiger partial charge in [-0.05, 0) is 30.3 Å². The highest BCUT2D eigenvalue weighted by molar-refractivity contribution is 6.35. The predicted octanol–water partition coefficient (Wildman–Crippen LogP) is 4.81. The molecule has 3 aromatic rings. The van der Waals surface area contributed by atoms with E-state index in [1.807, 2.05) is 6.07 Å². The first kappa shape index (κ1) is 18.8. The van der Waals surface area contributed by atoms with E-state index < -0.39 is 4.92 Å². The maximum atomic E-state index is 11.7. The molecular weight excluding hydrogens is 419 g/mol. The lowest BCUT2D eigenvalue weighted by molar-refractivity contribution is -0.384. The third-order valence-electron chi connectivity index (χ3n) is 4.34. The number of nitro groups is 1. The number of fused-ring (bicyclic) bond motifs is 1. The van der Waals surface area contributed by atoms with Crippen molar-refractivity contribution in [3.05, 3.63) is 62.1 Å². The molecule has 0 saturated carbocycles. The summed E-state index contributed by atoms with van der Waals surface area (Å²) < 4.78 is 10.6. The number of nitrogens with two attached hydrogens (primary N) is 1. The summed E-state index contributed by atoms with van der Waals surface area (Å²) in [5.74, 6) is 0.481. The number of ether oxygens (including phenoxy) is 2. The molecule has 2 heterocycles. The van der Waals surface area contributed by atoms with Crippen molar-refractivity contribution in [2.45, 2.75) is 0 Å². The number of hydrogen-bond acceptors (Lipinski definition) is 7. The van der Waals surface area contributed by atoms with Crippen molar-refractivity contribution in [1.82, 2.24) is 4.98 Å². The zero-order valence-electron chi connectivity index (χ0n) is 14.5. The number of anilines is 1. The van der Waals surface area contributed by atoms with Crippen LogP contribution in [-0.4, -0.2) is 16.7 Å². The van der Waals surface area contributed by atoms with Gasteiger partial charge in [0, 0.05) is 16.1 Å². The Morgan fingerprint density at radius 1 is 1.10 bits per heavy atom. The van der Waals surface area contributed by atoms with Crippen molar-refractivity contribution in [2.24, 2.45) is 0 Å². The molecule has 0 amide bonds. The molecule has 0 radical (unpaired) electrons. The standard InChI is InChI=1S/C19H10Cl2N4O4/c20-9-1-2-14(21)12(3-9)15-4-10(13(7-22)19(23)24-15)11-5-17-18(29-8-28-17)6-16(11)25(26)27/h1-6H,8H2,(H2,23,24). The van der Waals surface area contributed by atoms with Crippen LogP contribution in [0.5, 0.6) is 11.5 Å². The maximum absolute atomic E-state index is 11.7. The number of nitrogens with zero attached hydrogens (tertiary/aromatic N) is 3. The van der Waals surface area contributed by atoms with E-state index in [1.165, 1.54) is 18.2 Å². The zero-order valence-corrected chi connectivity index (χ0v) is 16.0. The van der Waals surface area contributed by atoms with Gasteiger partial charge in [-0.25, -0.2) is 4.98 Å².